The maximum Gasteiger partial charge on any atom is 0.337 e. The molecule has 4 rings (SSSR count). The summed E-state index contributed by atoms with van der Waals surface area (Å²) in [6.07, 6.45) is 0. The van der Waals surface area contributed by atoms with E-state index in [4.69, 9.17) is 0 Å². The predicted octanol–water partition coefficient (Wildman–Crippen LogP) is 1.37. The standard InChI is InChI=1S/C16H9N5O4/c22-14-9-3-1-2-4-10(9)15(23)21(14)12-7-8(13-17-19-20-18-13)5-6-11(12)16(24)25/h1-7H,(H,24,25)(H,17,18,19,20). The topological polar surface area (TPSA) is 129 Å². The molecule has 0 saturated carbocycles. The Bertz CT molecular complexity index is 994. The van der Waals surface area contributed by atoms with Crippen LogP contribution in [0.1, 0.15) is 31.1 Å². The highest BCUT2D eigenvalue weighted by molar-refractivity contribution is 6.35. The number of hydrogen-bond donors (Lipinski definition) is 2. The first-order valence-corrected chi connectivity index (χ1v) is 7.17. The second-order valence-corrected chi connectivity index (χ2v) is 5.26. The van der Waals surface area contributed by atoms with Crippen LogP contribution in [0.25, 0.3) is 11.4 Å². The van der Waals surface area contributed by atoms with Crippen LogP contribution in [0.3, 0.4) is 0 Å². The number of aromatic carboxylic acids is 1. The predicted molar refractivity (Wildman–Crippen MR) is 84.2 cm³/mol. The summed E-state index contributed by atoms with van der Waals surface area (Å²) in [4.78, 5) is 37.7. The molecule has 0 fully saturated rings. The van der Waals surface area contributed by atoms with Crippen molar-refractivity contribution in [3.05, 3.63) is 59.2 Å². The van der Waals surface area contributed by atoms with Crippen molar-refractivity contribution >= 4 is 23.5 Å². The van der Waals surface area contributed by atoms with E-state index in [0.29, 0.717) is 5.56 Å². The summed E-state index contributed by atoms with van der Waals surface area (Å²) >= 11 is 0. The summed E-state index contributed by atoms with van der Waals surface area (Å²) in [6.45, 7) is 0. The van der Waals surface area contributed by atoms with Crippen LogP contribution >= 0.6 is 0 Å². The first-order valence-electron chi connectivity index (χ1n) is 7.17. The van der Waals surface area contributed by atoms with Crippen molar-refractivity contribution in [2.75, 3.05) is 4.90 Å². The smallest absolute Gasteiger partial charge is 0.337 e. The average Bonchev–Trinajstić information content (AvgIpc) is 3.23. The van der Waals surface area contributed by atoms with E-state index in [9.17, 15) is 19.5 Å². The molecule has 1 aromatic heterocycles. The summed E-state index contributed by atoms with van der Waals surface area (Å²) in [5.41, 5.74) is 0.663. The van der Waals surface area contributed by atoms with Crippen molar-refractivity contribution in [1.82, 2.24) is 20.6 Å². The lowest BCUT2D eigenvalue weighted by Crippen LogP contribution is -2.31. The minimum absolute atomic E-state index is 0.0407. The van der Waals surface area contributed by atoms with Crippen molar-refractivity contribution in [2.24, 2.45) is 0 Å². The number of tetrazole rings is 1. The number of rotatable bonds is 3. The maximum atomic E-state index is 12.6. The zero-order chi connectivity index (χ0) is 17.6. The molecule has 1 aliphatic heterocycles. The lowest BCUT2D eigenvalue weighted by atomic mass is 10.1. The molecule has 2 amide bonds. The molecule has 122 valence electrons. The number of carbonyl (C=O) groups excluding carboxylic acids is 2. The van der Waals surface area contributed by atoms with Crippen LogP contribution in [-0.2, 0) is 0 Å². The number of nitrogens with zero attached hydrogens (tertiary/aromatic N) is 4. The Balaban J connectivity index is 1.90. The summed E-state index contributed by atoms with van der Waals surface area (Å²) in [6, 6.07) is 10.5. The summed E-state index contributed by atoms with van der Waals surface area (Å²) < 4.78 is 0. The van der Waals surface area contributed by atoms with E-state index in [0.717, 1.165) is 4.90 Å². The third-order valence-electron chi connectivity index (χ3n) is 3.87. The van der Waals surface area contributed by atoms with E-state index in [1.165, 1.54) is 30.3 Å². The molecule has 0 bridgehead atoms. The Morgan fingerprint density at radius 3 is 2.28 bits per heavy atom. The van der Waals surface area contributed by atoms with Crippen molar-refractivity contribution in [3.63, 3.8) is 0 Å². The molecule has 2 aromatic carbocycles. The van der Waals surface area contributed by atoms with Crippen LogP contribution in [0.15, 0.2) is 42.5 Å². The first kappa shape index (κ1) is 14.7. The van der Waals surface area contributed by atoms with Gasteiger partial charge >= 0.3 is 5.97 Å². The highest BCUT2D eigenvalue weighted by atomic mass is 16.4. The first-order chi connectivity index (χ1) is 12.1. The molecule has 1 aliphatic rings. The fourth-order valence-corrected chi connectivity index (χ4v) is 2.73. The molecule has 25 heavy (non-hydrogen) atoms. The van der Waals surface area contributed by atoms with E-state index < -0.39 is 17.8 Å². The van der Waals surface area contributed by atoms with Crippen LogP contribution in [0.4, 0.5) is 5.69 Å². The zero-order valence-corrected chi connectivity index (χ0v) is 12.5. The Hall–Kier alpha value is -3.88. The average molecular weight is 335 g/mol. The molecule has 2 N–H and O–H groups in total. The molecule has 3 aromatic rings. The van der Waals surface area contributed by atoms with Gasteiger partial charge in [-0.1, -0.05) is 18.2 Å². The molecule has 0 aliphatic carbocycles. The SMILES string of the molecule is O=C(O)c1ccc(-c2nn[nH]n2)cc1N1C(=O)c2ccccc2C1=O. The van der Waals surface area contributed by atoms with Gasteiger partial charge in [-0.25, -0.2) is 9.69 Å². The normalized spacial score (nSPS) is 13.2. The van der Waals surface area contributed by atoms with Gasteiger partial charge < -0.3 is 5.11 Å². The number of aromatic nitrogens is 4. The number of fused-ring (bicyclic) bond motifs is 1. The van der Waals surface area contributed by atoms with Crippen LogP contribution in [0, 0.1) is 0 Å². The lowest BCUT2D eigenvalue weighted by molar-refractivity contribution is 0.0698. The number of benzene rings is 2. The van der Waals surface area contributed by atoms with E-state index in [1.807, 2.05) is 0 Å². The third-order valence-corrected chi connectivity index (χ3v) is 3.87. The van der Waals surface area contributed by atoms with Gasteiger partial charge in [0.25, 0.3) is 11.8 Å². The van der Waals surface area contributed by atoms with E-state index in [-0.39, 0.29) is 28.2 Å². The van der Waals surface area contributed by atoms with Crippen molar-refractivity contribution in [1.29, 1.82) is 0 Å². The van der Waals surface area contributed by atoms with E-state index in [2.05, 4.69) is 20.6 Å². The molecule has 0 spiro atoms. The van der Waals surface area contributed by atoms with Gasteiger partial charge in [0.1, 0.15) is 0 Å². The highest BCUT2D eigenvalue weighted by Crippen LogP contribution is 2.33. The second-order valence-electron chi connectivity index (χ2n) is 5.26. The van der Waals surface area contributed by atoms with Crippen LogP contribution in [0.2, 0.25) is 0 Å². The number of nitrogens with one attached hydrogen (secondary N) is 1. The van der Waals surface area contributed by atoms with Gasteiger partial charge in [-0.15, -0.1) is 10.2 Å². The van der Waals surface area contributed by atoms with Crippen LogP contribution in [0.5, 0.6) is 0 Å². The molecular formula is C16H9N5O4. The van der Waals surface area contributed by atoms with Crippen LogP contribution < -0.4 is 4.90 Å². The van der Waals surface area contributed by atoms with E-state index in [1.54, 1.807) is 12.1 Å². The Labute approximate surface area is 139 Å². The number of carboxylic acids is 1. The Morgan fingerprint density at radius 1 is 1.04 bits per heavy atom. The number of aromatic amines is 1. The fraction of sp³-hybridized carbons (Fsp3) is 0. The fourth-order valence-electron chi connectivity index (χ4n) is 2.73. The number of hydrogen-bond acceptors (Lipinski definition) is 6. The zero-order valence-electron chi connectivity index (χ0n) is 12.5. The van der Waals surface area contributed by atoms with Gasteiger partial charge in [0.2, 0.25) is 5.82 Å². The summed E-state index contributed by atoms with van der Waals surface area (Å²) in [7, 11) is 0. The molecule has 9 heteroatoms. The minimum atomic E-state index is -1.26. The van der Waals surface area contributed by atoms with Crippen LogP contribution in [-0.4, -0.2) is 43.5 Å². The van der Waals surface area contributed by atoms with E-state index >= 15 is 0 Å². The number of imide groups is 1. The number of carbonyl (C=O) groups is 3. The largest absolute Gasteiger partial charge is 0.478 e. The Morgan fingerprint density at radius 2 is 1.72 bits per heavy atom. The molecule has 0 saturated heterocycles. The Kier molecular flexibility index (Phi) is 3.14. The molecular weight excluding hydrogens is 326 g/mol. The molecule has 0 radical (unpaired) electrons. The monoisotopic (exact) mass is 335 g/mol. The van der Waals surface area contributed by atoms with Gasteiger partial charge in [-0.05, 0) is 29.5 Å². The minimum Gasteiger partial charge on any atom is -0.478 e. The van der Waals surface area contributed by atoms with Gasteiger partial charge in [-0.2, -0.15) is 5.21 Å². The second kappa shape index (κ2) is 5.34. The molecule has 0 atom stereocenters. The molecule has 0 unspecified atom stereocenters. The third kappa shape index (κ3) is 2.17. The quantitative estimate of drug-likeness (QED) is 0.691. The lowest BCUT2D eigenvalue weighted by Gasteiger charge is -2.17. The van der Waals surface area contributed by atoms with Crippen molar-refractivity contribution in [3.8, 4) is 11.4 Å². The highest BCUT2D eigenvalue weighted by Gasteiger charge is 2.38. The molecule has 2 heterocycles. The number of carboxylic acid groups (broad SMARTS) is 1. The number of H-pyrrole nitrogens is 1. The van der Waals surface area contributed by atoms with Gasteiger partial charge in [0.05, 0.1) is 22.4 Å². The van der Waals surface area contributed by atoms with Crippen molar-refractivity contribution < 1.29 is 19.5 Å². The molecule has 9 nitrogen and oxygen atoms in total. The van der Waals surface area contributed by atoms with Crippen molar-refractivity contribution in [2.45, 2.75) is 0 Å². The number of anilines is 1. The van der Waals surface area contributed by atoms with Gasteiger partial charge in [-0.3, -0.25) is 9.59 Å². The maximum absolute atomic E-state index is 12.6. The van der Waals surface area contributed by atoms with Gasteiger partial charge in [0.15, 0.2) is 0 Å². The summed E-state index contributed by atoms with van der Waals surface area (Å²) in [5.74, 6) is -2.19. The summed E-state index contributed by atoms with van der Waals surface area (Å²) in [5, 5.41) is 22.8. The van der Waals surface area contributed by atoms with Gasteiger partial charge in [0, 0.05) is 5.56 Å². The number of amides is 2.